The molecule has 0 aliphatic carbocycles. The van der Waals surface area contributed by atoms with Crippen molar-refractivity contribution >= 4 is 41.4 Å². The number of cyclic esters (lactones) is 2. The fourth-order valence-electron chi connectivity index (χ4n) is 4.94. The molecule has 0 radical (unpaired) electrons. The largest absolute Gasteiger partial charge is 0.495 e. The van der Waals surface area contributed by atoms with Gasteiger partial charge in [0.1, 0.15) is 17.9 Å². The lowest BCUT2D eigenvalue weighted by Crippen LogP contribution is -2.51. The minimum absolute atomic E-state index is 0.0113. The fourth-order valence-corrected chi connectivity index (χ4v) is 5.22. The van der Waals surface area contributed by atoms with E-state index in [9.17, 15) is 24.3 Å². The van der Waals surface area contributed by atoms with E-state index in [1.165, 1.54) is 13.2 Å². The van der Waals surface area contributed by atoms with Gasteiger partial charge < -0.3 is 30.0 Å². The van der Waals surface area contributed by atoms with E-state index in [0.29, 0.717) is 16.3 Å². The molecule has 0 fully saturated rings. The number of halogens is 1. The molecule has 0 bridgehead atoms. The Hall–Kier alpha value is -4.15. The Morgan fingerprint density at radius 3 is 2.35 bits per heavy atom. The highest BCUT2D eigenvalue weighted by atomic mass is 35.5. The van der Waals surface area contributed by atoms with Gasteiger partial charge in [0.25, 0.3) is 0 Å². The van der Waals surface area contributed by atoms with Crippen molar-refractivity contribution in [1.29, 1.82) is 0 Å². The number of benzene rings is 2. The second kappa shape index (κ2) is 17.8. The van der Waals surface area contributed by atoms with Crippen molar-refractivity contribution in [3.05, 3.63) is 82.4 Å². The number of aliphatic hydroxyl groups is 1. The predicted octanol–water partition coefficient (Wildman–Crippen LogP) is 5.19. The van der Waals surface area contributed by atoms with Crippen molar-refractivity contribution < 1.29 is 38.5 Å². The van der Waals surface area contributed by atoms with Crippen LogP contribution in [-0.4, -0.2) is 60.8 Å². The molecule has 2 aromatic rings. The molecule has 10 nitrogen and oxygen atoms in total. The molecule has 11 heteroatoms. The third-order valence-electron chi connectivity index (χ3n) is 7.99. The van der Waals surface area contributed by atoms with Gasteiger partial charge in [0.15, 0.2) is 6.10 Å². The van der Waals surface area contributed by atoms with Crippen LogP contribution in [0.1, 0.15) is 64.2 Å². The van der Waals surface area contributed by atoms with Crippen molar-refractivity contribution in [3.8, 4) is 5.75 Å². The summed E-state index contributed by atoms with van der Waals surface area (Å²) in [6.45, 7) is 8.76. The van der Waals surface area contributed by atoms with Crippen molar-refractivity contribution in [2.24, 2.45) is 17.3 Å². The van der Waals surface area contributed by atoms with Crippen LogP contribution in [0.15, 0.2) is 60.7 Å². The molecule has 1 aliphatic rings. The van der Waals surface area contributed by atoms with E-state index < -0.39 is 47.4 Å². The van der Waals surface area contributed by atoms with Crippen LogP contribution < -0.4 is 15.4 Å². The number of nitrogens with one attached hydrogen (secondary N) is 2. The maximum atomic E-state index is 13.5. The standard InChI is InChI=1S/C37H47ClN2O8/c1-23(2)18-32-35(44)47-30(24(3)10-11-25-12-14-26(21-41)15-13-25)8-7-9-33(42)40-29(20-27-16-17-31(46-6)28(38)19-27)34(43)39-22-37(4,5)36(45)48-32/h7,9-17,19,23-24,29-30,32,41H,8,18,20-22H2,1-6H3,(H,39,43)(H,40,42)/t24-,29-,30+,32+/m1/s1. The quantitative estimate of drug-likeness (QED) is 0.307. The van der Waals surface area contributed by atoms with Crippen LogP contribution in [0.25, 0.3) is 6.08 Å². The highest BCUT2D eigenvalue weighted by Gasteiger charge is 2.37. The average molecular weight is 683 g/mol. The van der Waals surface area contributed by atoms with Gasteiger partial charge in [-0.15, -0.1) is 0 Å². The van der Waals surface area contributed by atoms with Crippen molar-refractivity contribution in [3.63, 3.8) is 0 Å². The van der Waals surface area contributed by atoms with Crippen molar-refractivity contribution in [1.82, 2.24) is 10.6 Å². The van der Waals surface area contributed by atoms with Crippen LogP contribution in [0.4, 0.5) is 0 Å². The summed E-state index contributed by atoms with van der Waals surface area (Å²) < 4.78 is 17.0. The van der Waals surface area contributed by atoms with Gasteiger partial charge in [-0.05, 0) is 61.1 Å². The first-order chi connectivity index (χ1) is 22.7. The van der Waals surface area contributed by atoms with Gasteiger partial charge >= 0.3 is 11.9 Å². The van der Waals surface area contributed by atoms with Crippen LogP contribution in [0.3, 0.4) is 0 Å². The topological polar surface area (TPSA) is 140 Å². The lowest BCUT2D eigenvalue weighted by Gasteiger charge is -2.29. The summed E-state index contributed by atoms with van der Waals surface area (Å²) in [7, 11) is 1.50. The summed E-state index contributed by atoms with van der Waals surface area (Å²) in [6.07, 6.45) is 5.35. The third kappa shape index (κ3) is 11.5. The predicted molar refractivity (Wildman–Crippen MR) is 184 cm³/mol. The van der Waals surface area contributed by atoms with E-state index in [1.807, 2.05) is 57.2 Å². The number of methoxy groups -OCH3 is 1. The van der Waals surface area contributed by atoms with E-state index in [0.717, 1.165) is 11.1 Å². The lowest BCUT2D eigenvalue weighted by molar-refractivity contribution is -0.178. The molecular weight excluding hydrogens is 636 g/mol. The number of carbonyl (C=O) groups excluding carboxylic acids is 4. The van der Waals surface area contributed by atoms with Crippen LogP contribution in [0.5, 0.6) is 5.75 Å². The molecule has 2 amide bonds. The second-order valence-electron chi connectivity index (χ2n) is 13.1. The monoisotopic (exact) mass is 682 g/mol. The number of hydrogen-bond acceptors (Lipinski definition) is 8. The molecule has 1 aliphatic heterocycles. The van der Waals surface area contributed by atoms with E-state index in [4.69, 9.17) is 25.8 Å². The Balaban J connectivity index is 1.93. The summed E-state index contributed by atoms with van der Waals surface area (Å²) in [4.78, 5) is 53.5. The smallest absolute Gasteiger partial charge is 0.347 e. The summed E-state index contributed by atoms with van der Waals surface area (Å²) in [5, 5.41) is 15.2. The van der Waals surface area contributed by atoms with Crippen LogP contribution in [0.2, 0.25) is 5.02 Å². The Bertz CT molecular complexity index is 1480. The Kier molecular flexibility index (Phi) is 14.2. The molecular formula is C37H47ClN2O8. The number of esters is 2. The zero-order valence-electron chi connectivity index (χ0n) is 28.5. The van der Waals surface area contributed by atoms with Gasteiger partial charge in [-0.1, -0.05) is 80.9 Å². The maximum absolute atomic E-state index is 13.5. The van der Waals surface area contributed by atoms with Crippen LogP contribution >= 0.6 is 11.6 Å². The molecule has 3 rings (SSSR count). The number of aliphatic hydroxyl groups excluding tert-OH is 1. The van der Waals surface area contributed by atoms with Crippen molar-refractivity contribution in [2.45, 2.75) is 78.7 Å². The zero-order chi connectivity index (χ0) is 35.4. The minimum Gasteiger partial charge on any atom is -0.495 e. The van der Waals surface area contributed by atoms with Gasteiger partial charge in [-0.3, -0.25) is 14.4 Å². The number of rotatable bonds is 9. The molecule has 0 unspecified atom stereocenters. The lowest BCUT2D eigenvalue weighted by atomic mass is 9.93. The molecule has 1 heterocycles. The summed E-state index contributed by atoms with van der Waals surface area (Å²) >= 11 is 6.31. The van der Waals surface area contributed by atoms with Gasteiger partial charge in [0.05, 0.1) is 24.2 Å². The summed E-state index contributed by atoms with van der Waals surface area (Å²) in [5.41, 5.74) is 1.16. The SMILES string of the molecule is COc1ccc(C[C@H]2NC(=O)C=CC[C@@H]([C@H](C)C=Cc3ccc(CO)cc3)OC(=O)[C@H](CC(C)C)OC(=O)C(C)(C)CNC2=O)cc1Cl. The minimum atomic E-state index is -1.21. The Morgan fingerprint density at radius 2 is 1.73 bits per heavy atom. The third-order valence-corrected chi connectivity index (χ3v) is 8.29. The molecule has 260 valence electrons. The number of hydrogen-bond donors (Lipinski definition) is 3. The molecule has 0 spiro atoms. The second-order valence-corrected chi connectivity index (χ2v) is 13.5. The number of amides is 2. The summed E-state index contributed by atoms with van der Waals surface area (Å²) in [6, 6.07) is 11.5. The van der Waals surface area contributed by atoms with E-state index in [2.05, 4.69) is 10.6 Å². The number of ether oxygens (including phenoxy) is 3. The van der Waals surface area contributed by atoms with Gasteiger partial charge in [0.2, 0.25) is 11.8 Å². The molecule has 0 aromatic heterocycles. The normalized spacial score (nSPS) is 21.7. The molecule has 3 N–H and O–H groups in total. The highest BCUT2D eigenvalue weighted by Crippen LogP contribution is 2.26. The Labute approximate surface area is 287 Å². The first-order valence-electron chi connectivity index (χ1n) is 16.1. The zero-order valence-corrected chi connectivity index (χ0v) is 29.2. The molecule has 0 saturated carbocycles. The fraction of sp³-hybridized carbons (Fsp3) is 0.459. The van der Waals surface area contributed by atoms with Gasteiger partial charge in [0, 0.05) is 25.3 Å². The first-order valence-corrected chi connectivity index (χ1v) is 16.5. The molecule has 48 heavy (non-hydrogen) atoms. The van der Waals surface area contributed by atoms with E-state index in [1.54, 1.807) is 38.1 Å². The first kappa shape index (κ1) is 38.3. The van der Waals surface area contributed by atoms with Crippen LogP contribution in [0, 0.1) is 17.3 Å². The van der Waals surface area contributed by atoms with Crippen molar-refractivity contribution in [2.75, 3.05) is 13.7 Å². The average Bonchev–Trinajstić information content (AvgIpc) is 3.04. The molecule has 4 atom stereocenters. The summed E-state index contributed by atoms with van der Waals surface area (Å²) in [5.74, 6) is -2.19. The van der Waals surface area contributed by atoms with Gasteiger partial charge in [-0.25, -0.2) is 4.79 Å². The van der Waals surface area contributed by atoms with E-state index in [-0.39, 0.29) is 44.2 Å². The Morgan fingerprint density at radius 1 is 1.04 bits per heavy atom. The molecule has 2 aromatic carbocycles. The van der Waals surface area contributed by atoms with Gasteiger partial charge in [-0.2, -0.15) is 0 Å². The number of carbonyl (C=O) groups is 4. The van der Waals surface area contributed by atoms with E-state index >= 15 is 0 Å². The van der Waals surface area contributed by atoms with Crippen LogP contribution in [-0.2, 0) is 41.7 Å². The maximum Gasteiger partial charge on any atom is 0.347 e. The molecule has 0 saturated heterocycles. The highest BCUT2D eigenvalue weighted by molar-refractivity contribution is 6.32.